The molecule has 1 amide bonds. The van der Waals surface area contributed by atoms with Gasteiger partial charge in [0.05, 0.1) is 52.8 Å². The van der Waals surface area contributed by atoms with Crippen molar-refractivity contribution in [3.8, 4) is 12.3 Å². The lowest BCUT2D eigenvalue weighted by atomic mass is 10.4. The molecule has 0 atom stereocenters. The normalized spacial score (nSPS) is 10.2. The highest BCUT2D eigenvalue weighted by Crippen LogP contribution is 1.85. The maximum absolute atomic E-state index is 11.1. The summed E-state index contributed by atoms with van der Waals surface area (Å²) in [6.07, 6.45) is 5.32. The van der Waals surface area contributed by atoms with Crippen molar-refractivity contribution < 1.29 is 23.7 Å². The van der Waals surface area contributed by atoms with Crippen molar-refractivity contribution >= 4 is 5.91 Å². The van der Waals surface area contributed by atoms with Crippen molar-refractivity contribution in [2.45, 2.75) is 6.42 Å². The van der Waals surface area contributed by atoms with E-state index in [9.17, 15) is 4.79 Å². The van der Waals surface area contributed by atoms with Crippen LogP contribution >= 0.6 is 0 Å². The first-order chi connectivity index (χ1) is 9.81. The zero-order chi connectivity index (χ0) is 14.9. The number of hydrogen-bond acceptors (Lipinski definition) is 5. The fourth-order valence-corrected chi connectivity index (χ4v) is 1.16. The van der Waals surface area contributed by atoms with Gasteiger partial charge >= 0.3 is 0 Å². The van der Waals surface area contributed by atoms with Crippen molar-refractivity contribution in [1.29, 1.82) is 0 Å². The maximum Gasteiger partial charge on any atom is 0.223 e. The van der Waals surface area contributed by atoms with Gasteiger partial charge in [-0.25, -0.2) is 0 Å². The number of carbonyl (C=O) groups excluding carboxylic acids is 1. The molecular weight excluding hydrogens is 262 g/mol. The van der Waals surface area contributed by atoms with E-state index < -0.39 is 0 Å². The van der Waals surface area contributed by atoms with E-state index in [4.69, 9.17) is 25.4 Å². The van der Waals surface area contributed by atoms with Gasteiger partial charge in [0.25, 0.3) is 0 Å². The first-order valence-corrected chi connectivity index (χ1v) is 6.61. The summed E-state index contributed by atoms with van der Waals surface area (Å²) < 4.78 is 20.8. The second kappa shape index (κ2) is 15.9. The number of rotatable bonds is 14. The maximum atomic E-state index is 11.1. The molecule has 6 heteroatoms. The molecule has 0 rings (SSSR count). The molecular formula is C14H24NO5. The Bertz CT molecular complexity index is 265. The minimum absolute atomic E-state index is 0.109. The molecule has 0 saturated heterocycles. The smallest absolute Gasteiger partial charge is 0.223 e. The van der Waals surface area contributed by atoms with Crippen LogP contribution in [0.4, 0.5) is 0 Å². The van der Waals surface area contributed by atoms with E-state index in [0.717, 1.165) is 0 Å². The topological polar surface area (TPSA) is 66.0 Å². The fraction of sp³-hybridized carbons (Fsp3) is 0.714. The Morgan fingerprint density at radius 2 is 1.45 bits per heavy atom. The Labute approximate surface area is 121 Å². The molecule has 0 saturated carbocycles. The van der Waals surface area contributed by atoms with Crippen LogP contribution in [-0.4, -0.2) is 65.3 Å². The van der Waals surface area contributed by atoms with Crippen molar-refractivity contribution in [3.05, 3.63) is 6.92 Å². The molecule has 0 aromatic heterocycles. The minimum Gasteiger partial charge on any atom is -0.379 e. The highest BCUT2D eigenvalue weighted by atomic mass is 16.6. The zero-order valence-corrected chi connectivity index (χ0v) is 11.9. The third kappa shape index (κ3) is 14.9. The van der Waals surface area contributed by atoms with Gasteiger partial charge in [0.2, 0.25) is 5.91 Å². The van der Waals surface area contributed by atoms with Crippen molar-refractivity contribution in [2.75, 3.05) is 59.4 Å². The average molecular weight is 286 g/mol. The number of hydrogen-bond donors (Lipinski definition) is 1. The molecule has 0 fully saturated rings. The van der Waals surface area contributed by atoms with Crippen LogP contribution in [0.25, 0.3) is 0 Å². The molecule has 0 aliphatic rings. The number of nitrogens with one attached hydrogen (secondary N) is 1. The summed E-state index contributed by atoms with van der Waals surface area (Å²) in [6.45, 7) is 7.67. The van der Waals surface area contributed by atoms with Crippen LogP contribution < -0.4 is 5.32 Å². The number of ether oxygens (including phenoxy) is 4. The first kappa shape index (κ1) is 18.9. The predicted octanol–water partition coefficient (Wildman–Crippen LogP) is 0.0264. The van der Waals surface area contributed by atoms with Gasteiger partial charge in [-0.15, -0.1) is 6.42 Å². The van der Waals surface area contributed by atoms with Gasteiger partial charge in [-0.3, -0.25) is 4.79 Å². The summed E-state index contributed by atoms with van der Waals surface area (Å²) in [6, 6.07) is 0. The van der Waals surface area contributed by atoms with Gasteiger partial charge in [-0.05, 0) is 6.92 Å². The highest BCUT2D eigenvalue weighted by molar-refractivity contribution is 5.76. The van der Waals surface area contributed by atoms with Gasteiger partial charge < -0.3 is 24.3 Å². The molecule has 115 valence electrons. The molecule has 6 nitrogen and oxygen atoms in total. The first-order valence-electron chi connectivity index (χ1n) is 6.61. The van der Waals surface area contributed by atoms with Crippen molar-refractivity contribution in [3.63, 3.8) is 0 Å². The van der Waals surface area contributed by atoms with E-state index in [1.165, 1.54) is 0 Å². The van der Waals surface area contributed by atoms with E-state index >= 15 is 0 Å². The SMILES string of the molecule is C#CCNC(=O)CCOCCOCCOCCOC[CH2]. The molecule has 1 radical (unpaired) electrons. The molecule has 0 aromatic rings. The van der Waals surface area contributed by atoms with Crippen LogP contribution in [0.3, 0.4) is 0 Å². The monoisotopic (exact) mass is 286 g/mol. The summed E-state index contributed by atoms with van der Waals surface area (Å²) >= 11 is 0. The van der Waals surface area contributed by atoms with Gasteiger partial charge in [-0.2, -0.15) is 0 Å². The second-order valence-corrected chi connectivity index (χ2v) is 3.68. The Morgan fingerprint density at radius 3 is 1.95 bits per heavy atom. The van der Waals surface area contributed by atoms with Crippen LogP contribution in [0.15, 0.2) is 0 Å². The predicted molar refractivity (Wildman–Crippen MR) is 75.1 cm³/mol. The van der Waals surface area contributed by atoms with E-state index in [1.54, 1.807) is 0 Å². The summed E-state index contributed by atoms with van der Waals surface area (Å²) in [7, 11) is 0. The molecule has 20 heavy (non-hydrogen) atoms. The zero-order valence-electron chi connectivity index (χ0n) is 11.9. The largest absolute Gasteiger partial charge is 0.379 e. The Hall–Kier alpha value is -1.13. The minimum atomic E-state index is -0.109. The molecule has 0 spiro atoms. The average Bonchev–Trinajstić information content (AvgIpc) is 2.46. The number of carbonyl (C=O) groups is 1. The number of terminal acetylenes is 1. The highest BCUT2D eigenvalue weighted by Gasteiger charge is 1.99. The van der Waals surface area contributed by atoms with Gasteiger partial charge in [0.1, 0.15) is 0 Å². The summed E-state index contributed by atoms with van der Waals surface area (Å²) in [5.74, 6) is 2.22. The molecule has 0 aromatic carbocycles. The Morgan fingerprint density at radius 1 is 0.950 bits per heavy atom. The molecule has 0 aliphatic heterocycles. The lowest BCUT2D eigenvalue weighted by Gasteiger charge is -2.07. The lowest BCUT2D eigenvalue weighted by molar-refractivity contribution is -0.122. The van der Waals surface area contributed by atoms with E-state index in [2.05, 4.69) is 18.2 Å². The van der Waals surface area contributed by atoms with Crippen molar-refractivity contribution in [1.82, 2.24) is 5.32 Å². The third-order valence-electron chi connectivity index (χ3n) is 2.12. The molecule has 0 heterocycles. The van der Waals surface area contributed by atoms with Crippen LogP contribution in [0.5, 0.6) is 0 Å². The van der Waals surface area contributed by atoms with Crippen LogP contribution in [0.1, 0.15) is 6.42 Å². The van der Waals surface area contributed by atoms with Gasteiger partial charge in [0, 0.05) is 13.0 Å². The second-order valence-electron chi connectivity index (χ2n) is 3.68. The van der Waals surface area contributed by atoms with Crippen LogP contribution in [0.2, 0.25) is 0 Å². The Kier molecular flexibility index (Phi) is 15.0. The van der Waals surface area contributed by atoms with E-state index in [0.29, 0.717) is 59.3 Å². The van der Waals surface area contributed by atoms with Gasteiger partial charge in [0.15, 0.2) is 0 Å². The molecule has 0 unspecified atom stereocenters. The fourth-order valence-electron chi connectivity index (χ4n) is 1.16. The van der Waals surface area contributed by atoms with Crippen LogP contribution in [-0.2, 0) is 23.7 Å². The lowest BCUT2D eigenvalue weighted by Crippen LogP contribution is -2.24. The summed E-state index contributed by atoms with van der Waals surface area (Å²) in [4.78, 5) is 11.1. The van der Waals surface area contributed by atoms with E-state index in [-0.39, 0.29) is 12.5 Å². The molecule has 1 N–H and O–H groups in total. The Balaban J connectivity index is 3.06. The number of amides is 1. The van der Waals surface area contributed by atoms with Crippen LogP contribution in [0, 0.1) is 19.3 Å². The quantitative estimate of drug-likeness (QED) is 0.360. The standard InChI is InChI=1S/C14H24NO5/c1-3-6-15-14(16)5-7-18-10-11-20-13-12-19-9-8-17-4-2/h1H,2,4-13H2,(H,15,16). The van der Waals surface area contributed by atoms with Gasteiger partial charge in [-0.1, -0.05) is 5.92 Å². The third-order valence-corrected chi connectivity index (χ3v) is 2.12. The summed E-state index contributed by atoms with van der Waals surface area (Å²) in [5, 5.41) is 2.56. The van der Waals surface area contributed by atoms with Crippen molar-refractivity contribution in [2.24, 2.45) is 0 Å². The molecule has 0 bridgehead atoms. The molecule has 0 aliphatic carbocycles. The van der Waals surface area contributed by atoms with E-state index in [1.807, 2.05) is 0 Å². The summed E-state index contributed by atoms with van der Waals surface area (Å²) in [5.41, 5.74) is 0.